The number of ether oxygens (including phenoxy) is 1. The van der Waals surface area contributed by atoms with Crippen LogP contribution in [0.4, 0.5) is 0 Å². The van der Waals surface area contributed by atoms with Crippen LogP contribution >= 0.6 is 0 Å². The van der Waals surface area contributed by atoms with E-state index >= 15 is 0 Å². The number of aromatic nitrogens is 1. The van der Waals surface area contributed by atoms with E-state index in [0.717, 1.165) is 11.3 Å². The Balaban J connectivity index is 2.34. The van der Waals surface area contributed by atoms with E-state index in [-0.39, 0.29) is 5.97 Å². The molecule has 92 valence electrons. The van der Waals surface area contributed by atoms with Crippen LogP contribution in [0.25, 0.3) is 11.3 Å². The molecule has 1 aromatic carbocycles. The fraction of sp³-hybridized carbons (Fsp3) is 0.200. The van der Waals surface area contributed by atoms with E-state index in [1.165, 1.54) is 24.4 Å². The average Bonchev–Trinajstić information content (AvgIpc) is 2.41. The topological polar surface area (TPSA) is 39.2 Å². The van der Waals surface area contributed by atoms with Crippen molar-refractivity contribution in [2.24, 2.45) is 0 Å². The third kappa shape index (κ3) is 2.40. The zero-order valence-electron chi connectivity index (χ0n) is 10.7. The van der Waals surface area contributed by atoms with Crippen molar-refractivity contribution in [3.63, 3.8) is 0 Å². The molecule has 0 atom stereocenters. The summed E-state index contributed by atoms with van der Waals surface area (Å²) in [7, 11) is 1.36. The molecule has 1 heterocycles. The van der Waals surface area contributed by atoms with Crippen LogP contribution in [0, 0.1) is 13.8 Å². The maximum Gasteiger partial charge on any atom is 0.339 e. The molecule has 0 N–H and O–H groups in total. The number of aryl methyl sites for hydroxylation is 2. The van der Waals surface area contributed by atoms with Gasteiger partial charge in [-0.15, -0.1) is 0 Å². The molecule has 0 aliphatic carbocycles. The summed E-state index contributed by atoms with van der Waals surface area (Å²) in [6, 6.07) is 9.75. The number of benzene rings is 1. The molecular formula is C15H15NO2. The van der Waals surface area contributed by atoms with Crippen LogP contribution in [0.15, 0.2) is 36.5 Å². The number of hydrogen-bond donors (Lipinski definition) is 0. The zero-order valence-corrected chi connectivity index (χ0v) is 10.7. The van der Waals surface area contributed by atoms with Crippen molar-refractivity contribution in [3.05, 3.63) is 53.2 Å². The Labute approximate surface area is 106 Å². The quantitative estimate of drug-likeness (QED) is 0.758. The fourth-order valence-corrected chi connectivity index (χ4v) is 1.70. The van der Waals surface area contributed by atoms with E-state index in [9.17, 15) is 4.79 Å². The Morgan fingerprint density at radius 3 is 2.44 bits per heavy atom. The minimum Gasteiger partial charge on any atom is -0.465 e. The average molecular weight is 241 g/mol. The first-order valence-corrected chi connectivity index (χ1v) is 5.74. The van der Waals surface area contributed by atoms with Crippen molar-refractivity contribution in [2.75, 3.05) is 7.11 Å². The largest absolute Gasteiger partial charge is 0.465 e. The van der Waals surface area contributed by atoms with E-state index in [1.54, 1.807) is 6.07 Å². The molecule has 3 nitrogen and oxygen atoms in total. The summed E-state index contributed by atoms with van der Waals surface area (Å²) in [5.41, 5.74) is 4.85. The summed E-state index contributed by atoms with van der Waals surface area (Å²) in [6.07, 6.45) is 1.54. The van der Waals surface area contributed by atoms with Gasteiger partial charge in [0.15, 0.2) is 0 Å². The summed E-state index contributed by atoms with van der Waals surface area (Å²) in [4.78, 5) is 15.6. The van der Waals surface area contributed by atoms with Gasteiger partial charge in [0.1, 0.15) is 0 Å². The second-order valence-electron chi connectivity index (χ2n) is 4.22. The molecule has 3 heteroatoms. The zero-order chi connectivity index (χ0) is 13.1. The van der Waals surface area contributed by atoms with E-state index in [2.05, 4.69) is 35.7 Å². The van der Waals surface area contributed by atoms with Crippen molar-refractivity contribution in [1.29, 1.82) is 0 Å². The van der Waals surface area contributed by atoms with Gasteiger partial charge < -0.3 is 4.74 Å². The number of carbonyl (C=O) groups is 1. The lowest BCUT2D eigenvalue weighted by atomic mass is 10.0. The van der Waals surface area contributed by atoms with Crippen LogP contribution in [0.1, 0.15) is 21.5 Å². The Morgan fingerprint density at radius 1 is 1.11 bits per heavy atom. The monoisotopic (exact) mass is 241 g/mol. The SMILES string of the molecule is COC(=O)c1ccc(-c2ccc(C)c(C)c2)nc1. The van der Waals surface area contributed by atoms with Gasteiger partial charge in [-0.05, 0) is 43.2 Å². The minimum atomic E-state index is -0.367. The van der Waals surface area contributed by atoms with E-state index in [4.69, 9.17) is 0 Å². The molecule has 0 aliphatic rings. The molecule has 18 heavy (non-hydrogen) atoms. The van der Waals surface area contributed by atoms with Gasteiger partial charge in [0.2, 0.25) is 0 Å². The standard InChI is InChI=1S/C15H15NO2/c1-10-4-5-12(8-11(10)2)14-7-6-13(9-16-14)15(17)18-3/h4-9H,1-3H3. The molecule has 0 radical (unpaired) electrons. The fourth-order valence-electron chi connectivity index (χ4n) is 1.70. The van der Waals surface area contributed by atoms with Crippen molar-refractivity contribution >= 4 is 5.97 Å². The molecule has 0 fully saturated rings. The maximum absolute atomic E-state index is 11.3. The third-order valence-corrected chi connectivity index (χ3v) is 2.99. The number of pyridine rings is 1. The van der Waals surface area contributed by atoms with Gasteiger partial charge in [-0.1, -0.05) is 12.1 Å². The van der Waals surface area contributed by atoms with Crippen LogP contribution in [-0.4, -0.2) is 18.1 Å². The van der Waals surface area contributed by atoms with E-state index in [1.807, 2.05) is 12.1 Å². The minimum absolute atomic E-state index is 0.367. The lowest BCUT2D eigenvalue weighted by Crippen LogP contribution is -2.01. The van der Waals surface area contributed by atoms with Crippen LogP contribution in [0.3, 0.4) is 0 Å². The van der Waals surface area contributed by atoms with Gasteiger partial charge in [-0.2, -0.15) is 0 Å². The summed E-state index contributed by atoms with van der Waals surface area (Å²) < 4.78 is 4.64. The Hall–Kier alpha value is -2.16. The molecule has 2 rings (SSSR count). The molecule has 0 bridgehead atoms. The lowest BCUT2D eigenvalue weighted by molar-refractivity contribution is 0.0600. The summed E-state index contributed by atoms with van der Waals surface area (Å²) >= 11 is 0. The van der Waals surface area contributed by atoms with E-state index in [0.29, 0.717) is 5.56 Å². The second-order valence-corrected chi connectivity index (χ2v) is 4.22. The molecule has 2 aromatic rings. The molecule has 0 unspecified atom stereocenters. The first-order valence-electron chi connectivity index (χ1n) is 5.74. The Bertz CT molecular complexity index is 574. The van der Waals surface area contributed by atoms with Gasteiger partial charge in [0, 0.05) is 11.8 Å². The highest BCUT2D eigenvalue weighted by Gasteiger charge is 2.06. The van der Waals surface area contributed by atoms with Crippen molar-refractivity contribution in [2.45, 2.75) is 13.8 Å². The number of nitrogens with zero attached hydrogens (tertiary/aromatic N) is 1. The molecule has 0 saturated heterocycles. The number of hydrogen-bond acceptors (Lipinski definition) is 3. The van der Waals surface area contributed by atoms with Crippen molar-refractivity contribution in [3.8, 4) is 11.3 Å². The van der Waals surface area contributed by atoms with Gasteiger partial charge in [-0.3, -0.25) is 4.98 Å². The molecule has 0 amide bonds. The highest BCUT2D eigenvalue weighted by atomic mass is 16.5. The predicted octanol–water partition coefficient (Wildman–Crippen LogP) is 3.15. The highest BCUT2D eigenvalue weighted by Crippen LogP contribution is 2.20. The first kappa shape index (κ1) is 12.3. The molecular weight excluding hydrogens is 226 g/mol. The molecule has 0 aliphatic heterocycles. The summed E-state index contributed by atoms with van der Waals surface area (Å²) in [5.74, 6) is -0.367. The van der Waals surface area contributed by atoms with E-state index < -0.39 is 0 Å². The van der Waals surface area contributed by atoms with Gasteiger partial charge >= 0.3 is 5.97 Å². The third-order valence-electron chi connectivity index (χ3n) is 2.99. The van der Waals surface area contributed by atoms with Gasteiger partial charge in [0.25, 0.3) is 0 Å². The van der Waals surface area contributed by atoms with Gasteiger partial charge in [0.05, 0.1) is 18.4 Å². The smallest absolute Gasteiger partial charge is 0.339 e. The maximum atomic E-state index is 11.3. The second kappa shape index (κ2) is 5.00. The van der Waals surface area contributed by atoms with Crippen molar-refractivity contribution < 1.29 is 9.53 Å². The first-order chi connectivity index (χ1) is 8.61. The number of rotatable bonds is 2. The van der Waals surface area contributed by atoms with Crippen LogP contribution in [-0.2, 0) is 4.74 Å². The number of esters is 1. The lowest BCUT2D eigenvalue weighted by Gasteiger charge is -2.05. The number of carbonyl (C=O) groups excluding carboxylic acids is 1. The Kier molecular flexibility index (Phi) is 3.42. The van der Waals surface area contributed by atoms with Gasteiger partial charge in [-0.25, -0.2) is 4.79 Å². The highest BCUT2D eigenvalue weighted by molar-refractivity contribution is 5.89. The van der Waals surface area contributed by atoms with Crippen molar-refractivity contribution in [1.82, 2.24) is 4.98 Å². The Morgan fingerprint density at radius 2 is 1.89 bits per heavy atom. The summed E-state index contributed by atoms with van der Waals surface area (Å²) in [6.45, 7) is 4.15. The van der Waals surface area contributed by atoms with Crippen LogP contribution in [0.2, 0.25) is 0 Å². The predicted molar refractivity (Wildman–Crippen MR) is 70.5 cm³/mol. The molecule has 0 saturated carbocycles. The number of methoxy groups -OCH3 is 1. The van der Waals surface area contributed by atoms with Crippen LogP contribution < -0.4 is 0 Å². The summed E-state index contributed by atoms with van der Waals surface area (Å²) in [5, 5.41) is 0. The molecule has 1 aromatic heterocycles. The van der Waals surface area contributed by atoms with Crippen LogP contribution in [0.5, 0.6) is 0 Å². The molecule has 0 spiro atoms. The normalized spacial score (nSPS) is 10.2.